The lowest BCUT2D eigenvalue weighted by molar-refractivity contribution is 0.191. The zero-order valence-electron chi connectivity index (χ0n) is 9.36. The molecule has 0 saturated heterocycles. The normalized spacial score (nSPS) is 12.2. The van der Waals surface area contributed by atoms with Gasteiger partial charge in [0.15, 0.2) is 0 Å². The van der Waals surface area contributed by atoms with E-state index in [0.717, 1.165) is 18.8 Å². The molecule has 1 N–H and O–H groups in total. The Morgan fingerprint density at radius 2 is 2.20 bits per heavy atom. The van der Waals surface area contributed by atoms with Crippen molar-refractivity contribution >= 4 is 5.82 Å². The summed E-state index contributed by atoms with van der Waals surface area (Å²) in [4.78, 5) is 8.02. The number of anilines is 1. The third-order valence-electron chi connectivity index (χ3n) is 2.00. The highest BCUT2D eigenvalue weighted by Gasteiger charge is 2.03. The third kappa shape index (κ3) is 4.12. The molecule has 1 heterocycles. The second kappa shape index (κ2) is 6.19. The molecule has 0 saturated carbocycles. The maximum atomic E-state index is 5.00. The van der Waals surface area contributed by atoms with Gasteiger partial charge in [0.2, 0.25) is 5.88 Å². The summed E-state index contributed by atoms with van der Waals surface area (Å²) >= 11 is 0. The molecule has 1 aromatic heterocycles. The number of hydrogen-bond acceptors (Lipinski definition) is 5. The van der Waals surface area contributed by atoms with Crippen LogP contribution in [-0.2, 0) is 4.74 Å². The van der Waals surface area contributed by atoms with Gasteiger partial charge in [-0.1, -0.05) is 0 Å². The summed E-state index contributed by atoms with van der Waals surface area (Å²) < 4.78 is 10.00. The summed E-state index contributed by atoms with van der Waals surface area (Å²) in [6.07, 6.45) is 2.41. The van der Waals surface area contributed by atoms with Crippen molar-refractivity contribution in [2.75, 3.05) is 26.1 Å². The number of hydrogen-bond donors (Lipinski definition) is 1. The van der Waals surface area contributed by atoms with Crippen LogP contribution < -0.4 is 10.1 Å². The van der Waals surface area contributed by atoms with Gasteiger partial charge in [0.1, 0.15) is 12.1 Å². The van der Waals surface area contributed by atoms with Crippen LogP contribution >= 0.6 is 0 Å². The average molecular weight is 211 g/mol. The van der Waals surface area contributed by atoms with Crippen LogP contribution in [0.5, 0.6) is 5.88 Å². The average Bonchev–Trinajstić information content (AvgIpc) is 2.26. The summed E-state index contributed by atoms with van der Waals surface area (Å²) in [7, 11) is 3.28. The van der Waals surface area contributed by atoms with Crippen molar-refractivity contribution in [3.05, 3.63) is 12.4 Å². The largest absolute Gasteiger partial charge is 0.481 e. The quantitative estimate of drug-likeness (QED) is 0.769. The number of rotatable bonds is 6. The maximum Gasteiger partial charge on any atom is 0.218 e. The molecule has 84 valence electrons. The molecule has 15 heavy (non-hydrogen) atoms. The number of nitrogens with zero attached hydrogens (tertiary/aromatic N) is 2. The second-order valence-electron chi connectivity index (χ2n) is 3.27. The Morgan fingerprint density at radius 1 is 1.40 bits per heavy atom. The van der Waals surface area contributed by atoms with E-state index in [0.29, 0.717) is 11.9 Å². The molecular formula is C10H17N3O2. The molecule has 5 nitrogen and oxygen atoms in total. The van der Waals surface area contributed by atoms with Gasteiger partial charge in [0.25, 0.3) is 0 Å². The number of methoxy groups -OCH3 is 2. The minimum absolute atomic E-state index is 0.310. The second-order valence-corrected chi connectivity index (χ2v) is 3.27. The van der Waals surface area contributed by atoms with Gasteiger partial charge in [-0.05, 0) is 13.3 Å². The molecule has 1 aromatic rings. The zero-order chi connectivity index (χ0) is 11.1. The van der Waals surface area contributed by atoms with Crippen molar-refractivity contribution in [3.8, 4) is 5.88 Å². The van der Waals surface area contributed by atoms with Crippen LogP contribution in [-0.4, -0.2) is 36.8 Å². The topological polar surface area (TPSA) is 56.3 Å². The Labute approximate surface area is 89.8 Å². The third-order valence-corrected chi connectivity index (χ3v) is 2.00. The number of ether oxygens (including phenoxy) is 2. The molecule has 1 rings (SSSR count). The van der Waals surface area contributed by atoms with Gasteiger partial charge in [0, 0.05) is 25.8 Å². The van der Waals surface area contributed by atoms with Crippen molar-refractivity contribution in [1.29, 1.82) is 0 Å². The van der Waals surface area contributed by atoms with E-state index in [9.17, 15) is 0 Å². The Bertz CT molecular complexity index is 294. The molecule has 0 aromatic carbocycles. The fourth-order valence-electron chi connectivity index (χ4n) is 1.15. The van der Waals surface area contributed by atoms with Gasteiger partial charge in [-0.25, -0.2) is 9.97 Å². The standard InChI is InChI=1S/C10H17N3O2/c1-8(4-5-14-2)13-9-6-10(15-3)12-7-11-9/h6-8H,4-5H2,1-3H3,(H,11,12,13). The molecule has 0 fully saturated rings. The van der Waals surface area contributed by atoms with E-state index in [2.05, 4.69) is 22.2 Å². The number of nitrogens with one attached hydrogen (secondary N) is 1. The molecule has 0 aliphatic rings. The summed E-state index contributed by atoms with van der Waals surface area (Å²) in [5.41, 5.74) is 0. The molecule has 1 unspecified atom stereocenters. The molecule has 5 heteroatoms. The summed E-state index contributed by atoms with van der Waals surface area (Å²) in [6.45, 7) is 2.81. The van der Waals surface area contributed by atoms with Crippen molar-refractivity contribution in [2.24, 2.45) is 0 Å². The van der Waals surface area contributed by atoms with Gasteiger partial charge >= 0.3 is 0 Å². The molecule has 0 aliphatic carbocycles. The highest BCUT2D eigenvalue weighted by molar-refractivity contribution is 5.37. The lowest BCUT2D eigenvalue weighted by Gasteiger charge is -2.13. The predicted molar refractivity (Wildman–Crippen MR) is 58.2 cm³/mol. The highest BCUT2D eigenvalue weighted by atomic mass is 16.5. The fourth-order valence-corrected chi connectivity index (χ4v) is 1.15. The Hall–Kier alpha value is -1.36. The van der Waals surface area contributed by atoms with E-state index in [4.69, 9.17) is 9.47 Å². The first kappa shape index (κ1) is 11.7. The molecular weight excluding hydrogens is 194 g/mol. The van der Waals surface area contributed by atoms with Crippen molar-refractivity contribution in [3.63, 3.8) is 0 Å². The van der Waals surface area contributed by atoms with Crippen LogP contribution in [0.4, 0.5) is 5.82 Å². The van der Waals surface area contributed by atoms with E-state index < -0.39 is 0 Å². The minimum Gasteiger partial charge on any atom is -0.481 e. The van der Waals surface area contributed by atoms with Crippen LogP contribution in [0, 0.1) is 0 Å². The smallest absolute Gasteiger partial charge is 0.218 e. The first-order chi connectivity index (χ1) is 7.26. The molecule has 1 atom stereocenters. The Kier molecular flexibility index (Phi) is 4.83. The van der Waals surface area contributed by atoms with Crippen LogP contribution in [0.1, 0.15) is 13.3 Å². The Morgan fingerprint density at radius 3 is 2.87 bits per heavy atom. The fraction of sp³-hybridized carbons (Fsp3) is 0.600. The SMILES string of the molecule is COCCC(C)Nc1cc(OC)ncn1. The predicted octanol–water partition coefficient (Wildman–Crippen LogP) is 1.32. The summed E-state index contributed by atoms with van der Waals surface area (Å²) in [5.74, 6) is 1.33. The lowest BCUT2D eigenvalue weighted by Crippen LogP contribution is -2.18. The zero-order valence-corrected chi connectivity index (χ0v) is 9.36. The maximum absolute atomic E-state index is 5.00. The van der Waals surface area contributed by atoms with E-state index in [1.54, 1.807) is 20.3 Å². The first-order valence-corrected chi connectivity index (χ1v) is 4.87. The minimum atomic E-state index is 0.310. The van der Waals surface area contributed by atoms with Gasteiger partial charge in [-0.3, -0.25) is 0 Å². The van der Waals surface area contributed by atoms with Gasteiger partial charge in [-0.15, -0.1) is 0 Å². The van der Waals surface area contributed by atoms with E-state index >= 15 is 0 Å². The van der Waals surface area contributed by atoms with Crippen molar-refractivity contribution < 1.29 is 9.47 Å². The highest BCUT2D eigenvalue weighted by Crippen LogP contribution is 2.11. The summed E-state index contributed by atoms with van der Waals surface area (Å²) in [6, 6.07) is 2.08. The van der Waals surface area contributed by atoms with E-state index in [1.165, 1.54) is 6.33 Å². The lowest BCUT2D eigenvalue weighted by atomic mass is 10.2. The van der Waals surface area contributed by atoms with Gasteiger partial charge in [0.05, 0.1) is 7.11 Å². The molecule has 0 bridgehead atoms. The van der Waals surface area contributed by atoms with E-state index in [1.807, 2.05) is 0 Å². The molecule has 0 aliphatic heterocycles. The van der Waals surface area contributed by atoms with Gasteiger partial charge in [-0.2, -0.15) is 0 Å². The van der Waals surface area contributed by atoms with Crippen molar-refractivity contribution in [1.82, 2.24) is 9.97 Å². The van der Waals surface area contributed by atoms with Gasteiger partial charge < -0.3 is 14.8 Å². The number of aromatic nitrogens is 2. The molecule has 0 amide bonds. The van der Waals surface area contributed by atoms with E-state index in [-0.39, 0.29) is 0 Å². The first-order valence-electron chi connectivity index (χ1n) is 4.87. The van der Waals surface area contributed by atoms with Crippen LogP contribution in [0.3, 0.4) is 0 Å². The monoisotopic (exact) mass is 211 g/mol. The van der Waals surface area contributed by atoms with Crippen LogP contribution in [0.25, 0.3) is 0 Å². The van der Waals surface area contributed by atoms with Crippen LogP contribution in [0.15, 0.2) is 12.4 Å². The summed E-state index contributed by atoms with van der Waals surface area (Å²) in [5, 5.41) is 3.24. The van der Waals surface area contributed by atoms with Crippen molar-refractivity contribution in [2.45, 2.75) is 19.4 Å². The molecule has 0 spiro atoms. The Balaban J connectivity index is 2.48. The molecule has 0 radical (unpaired) electrons. The van der Waals surface area contributed by atoms with Crippen LogP contribution in [0.2, 0.25) is 0 Å².